The van der Waals surface area contributed by atoms with E-state index in [4.69, 9.17) is 5.14 Å². The molecule has 0 bridgehead atoms. The van der Waals surface area contributed by atoms with Crippen molar-refractivity contribution in [2.24, 2.45) is 9.50 Å². The molecule has 28 heavy (non-hydrogen) atoms. The van der Waals surface area contributed by atoms with Crippen molar-refractivity contribution < 1.29 is 9.90 Å². The van der Waals surface area contributed by atoms with Gasteiger partial charge in [0.15, 0.2) is 0 Å². The lowest BCUT2D eigenvalue weighted by Crippen LogP contribution is -2.15. The van der Waals surface area contributed by atoms with Crippen molar-refractivity contribution in [1.29, 1.82) is 0 Å². The minimum atomic E-state index is -1.10. The molecule has 2 atom stereocenters. The summed E-state index contributed by atoms with van der Waals surface area (Å²) in [6, 6.07) is 1.93. The van der Waals surface area contributed by atoms with Gasteiger partial charge in [-0.2, -0.15) is 4.36 Å². The normalized spacial score (nSPS) is 19.5. The van der Waals surface area contributed by atoms with Gasteiger partial charge in [0, 0.05) is 16.6 Å². The number of aliphatic hydroxyl groups is 1. The molecule has 2 aliphatic rings. The quantitative estimate of drug-likeness (QED) is 0.696. The van der Waals surface area contributed by atoms with Gasteiger partial charge in [0.2, 0.25) is 0 Å². The van der Waals surface area contributed by atoms with E-state index in [1.807, 2.05) is 0 Å². The van der Waals surface area contributed by atoms with Crippen LogP contribution in [0.1, 0.15) is 66.8 Å². The Labute approximate surface area is 171 Å². The number of carbonyl (C=O) groups is 1. The molecule has 0 saturated carbocycles. The molecule has 1 aromatic heterocycles. The van der Waals surface area contributed by atoms with Crippen LogP contribution in [0.15, 0.2) is 20.8 Å². The summed E-state index contributed by atoms with van der Waals surface area (Å²) >= 11 is 1.29. The second-order valence-electron chi connectivity index (χ2n) is 8.13. The smallest absolute Gasteiger partial charge is 0.352 e. The number of nitrogens with zero attached hydrogens (tertiary/aromatic N) is 2. The zero-order valence-corrected chi connectivity index (χ0v) is 18.0. The molecule has 4 rings (SSSR count). The Kier molecular flexibility index (Phi) is 5.16. The van der Waals surface area contributed by atoms with Crippen molar-refractivity contribution in [3.63, 3.8) is 0 Å². The topological polar surface area (TPSA) is 101 Å². The molecule has 6 nitrogen and oxygen atoms in total. The summed E-state index contributed by atoms with van der Waals surface area (Å²) in [6.45, 7) is 5.57. The average Bonchev–Trinajstić information content (AvgIpc) is 3.33. The molecule has 0 saturated heterocycles. The Morgan fingerprint density at radius 2 is 2.18 bits per heavy atom. The fourth-order valence-corrected chi connectivity index (χ4v) is 5.97. The Balaban J connectivity index is 1.61. The highest BCUT2D eigenvalue weighted by atomic mass is 32.2. The first-order chi connectivity index (χ1) is 13.2. The van der Waals surface area contributed by atoms with Gasteiger partial charge in [0.05, 0.1) is 6.20 Å². The molecular formula is C20H26N4O2S2. The molecule has 1 heterocycles. The molecule has 4 N–H and O–H groups in total. The van der Waals surface area contributed by atoms with Crippen LogP contribution in [0.5, 0.6) is 0 Å². The van der Waals surface area contributed by atoms with E-state index in [-0.39, 0.29) is 0 Å². The van der Waals surface area contributed by atoms with Gasteiger partial charge in [-0.1, -0.05) is 13.0 Å². The maximum absolute atomic E-state index is 12.7. The van der Waals surface area contributed by atoms with Crippen LogP contribution < -0.4 is 10.5 Å². The number of fused-ring (bicyclic) bond motifs is 2. The van der Waals surface area contributed by atoms with Gasteiger partial charge in [-0.15, -0.1) is 11.3 Å². The second kappa shape index (κ2) is 7.33. The number of benzene rings is 1. The molecule has 0 spiro atoms. The number of hydrogen-bond acceptors (Lipinski definition) is 4. The predicted octanol–water partition coefficient (Wildman–Crippen LogP) is 4.18. The SMILES string of the molecule is CC1CCc2cc3c(c(NC(=O)N=S(N)c4cnc(C(C)(C)O)s4)c21)CCC3. The molecule has 2 unspecified atom stereocenters. The first kappa shape index (κ1) is 19.7. The number of urea groups is 1. The summed E-state index contributed by atoms with van der Waals surface area (Å²) in [7, 11) is -1.10. The Hall–Kier alpha value is -1.61. The van der Waals surface area contributed by atoms with Crippen molar-refractivity contribution in [3.8, 4) is 0 Å². The monoisotopic (exact) mass is 418 g/mol. The van der Waals surface area contributed by atoms with Gasteiger partial charge < -0.3 is 10.4 Å². The predicted molar refractivity (Wildman–Crippen MR) is 114 cm³/mol. The third-order valence-corrected chi connectivity index (χ3v) is 8.24. The summed E-state index contributed by atoms with van der Waals surface area (Å²) in [5.41, 5.74) is 5.23. The third-order valence-electron chi connectivity index (χ3n) is 5.49. The molecule has 8 heteroatoms. The van der Waals surface area contributed by atoms with E-state index in [0.29, 0.717) is 15.1 Å². The molecule has 2 amide bonds. The van der Waals surface area contributed by atoms with Gasteiger partial charge in [-0.25, -0.2) is 9.78 Å². The van der Waals surface area contributed by atoms with Crippen LogP contribution in [0.25, 0.3) is 0 Å². The molecule has 1 aromatic carbocycles. The average molecular weight is 419 g/mol. The number of aromatic nitrogens is 1. The molecule has 0 fully saturated rings. The highest BCUT2D eigenvalue weighted by Gasteiger charge is 2.29. The number of aryl methyl sites for hydroxylation is 2. The number of nitrogens with two attached hydrogens (primary N) is 1. The second-order valence-corrected chi connectivity index (χ2v) is 10.7. The van der Waals surface area contributed by atoms with E-state index in [0.717, 1.165) is 37.8 Å². The Bertz CT molecular complexity index is 975. The number of anilines is 1. The first-order valence-electron chi connectivity index (χ1n) is 9.61. The summed E-state index contributed by atoms with van der Waals surface area (Å²) < 4.78 is 4.84. The Morgan fingerprint density at radius 1 is 1.39 bits per heavy atom. The lowest BCUT2D eigenvalue weighted by atomic mass is 9.95. The minimum Gasteiger partial charge on any atom is -0.383 e. The third kappa shape index (κ3) is 3.66. The molecule has 150 valence electrons. The molecule has 2 aliphatic carbocycles. The van der Waals surface area contributed by atoms with E-state index in [2.05, 4.69) is 27.7 Å². The molecule has 0 radical (unpaired) electrons. The highest BCUT2D eigenvalue weighted by molar-refractivity contribution is 7.87. The zero-order chi connectivity index (χ0) is 20.1. The number of thiazole rings is 1. The van der Waals surface area contributed by atoms with E-state index in [1.54, 1.807) is 20.0 Å². The van der Waals surface area contributed by atoms with Crippen molar-refractivity contribution in [2.75, 3.05) is 5.32 Å². The van der Waals surface area contributed by atoms with Crippen molar-refractivity contribution in [1.82, 2.24) is 4.98 Å². The van der Waals surface area contributed by atoms with Crippen LogP contribution >= 0.6 is 11.3 Å². The summed E-state index contributed by atoms with van der Waals surface area (Å²) in [5, 5.41) is 19.8. The van der Waals surface area contributed by atoms with Gasteiger partial charge >= 0.3 is 6.03 Å². The zero-order valence-electron chi connectivity index (χ0n) is 16.4. The van der Waals surface area contributed by atoms with E-state index in [1.165, 1.54) is 33.6 Å². The first-order valence-corrected chi connectivity index (χ1v) is 11.7. The van der Waals surface area contributed by atoms with Crippen LogP contribution in [0.2, 0.25) is 0 Å². The molecule has 0 aliphatic heterocycles. The molecule has 2 aromatic rings. The summed E-state index contributed by atoms with van der Waals surface area (Å²) in [4.78, 5) is 16.9. The number of carbonyl (C=O) groups excluding carboxylic acids is 1. The van der Waals surface area contributed by atoms with E-state index >= 15 is 0 Å². The number of rotatable bonds is 3. The van der Waals surface area contributed by atoms with E-state index < -0.39 is 22.5 Å². The van der Waals surface area contributed by atoms with Crippen LogP contribution in [0.3, 0.4) is 0 Å². The van der Waals surface area contributed by atoms with Crippen LogP contribution in [-0.4, -0.2) is 16.1 Å². The van der Waals surface area contributed by atoms with Gasteiger partial charge in [0.25, 0.3) is 0 Å². The maximum atomic E-state index is 12.7. The fraction of sp³-hybridized carbons (Fsp3) is 0.500. The fourth-order valence-electron chi connectivity index (χ4n) is 4.15. The van der Waals surface area contributed by atoms with Crippen LogP contribution in [0.4, 0.5) is 10.5 Å². The maximum Gasteiger partial charge on any atom is 0.352 e. The van der Waals surface area contributed by atoms with E-state index in [9.17, 15) is 9.90 Å². The van der Waals surface area contributed by atoms with Crippen molar-refractivity contribution in [3.05, 3.63) is 39.5 Å². The lowest BCUT2D eigenvalue weighted by Gasteiger charge is -2.17. The van der Waals surface area contributed by atoms with Crippen LogP contribution in [-0.2, 0) is 35.7 Å². The largest absolute Gasteiger partial charge is 0.383 e. The summed E-state index contributed by atoms with van der Waals surface area (Å²) in [6.07, 6.45) is 7.01. The van der Waals surface area contributed by atoms with Gasteiger partial charge in [-0.3, -0.25) is 5.14 Å². The number of nitrogens with one attached hydrogen (secondary N) is 1. The van der Waals surface area contributed by atoms with Gasteiger partial charge in [0.1, 0.15) is 14.8 Å². The van der Waals surface area contributed by atoms with Crippen molar-refractivity contribution in [2.45, 2.75) is 68.6 Å². The summed E-state index contributed by atoms with van der Waals surface area (Å²) in [5.74, 6) is 0.447. The number of hydrogen-bond donors (Lipinski definition) is 3. The van der Waals surface area contributed by atoms with Crippen LogP contribution in [0, 0.1) is 0 Å². The minimum absolute atomic E-state index is 0.411. The van der Waals surface area contributed by atoms with Crippen molar-refractivity contribution >= 4 is 33.9 Å². The van der Waals surface area contributed by atoms with Gasteiger partial charge in [-0.05, 0) is 74.1 Å². The molecular weight excluding hydrogens is 392 g/mol. The lowest BCUT2D eigenvalue weighted by molar-refractivity contribution is 0.0783. The Morgan fingerprint density at radius 3 is 2.89 bits per heavy atom. The highest BCUT2D eigenvalue weighted by Crippen LogP contribution is 2.43. The number of amides is 2. The standard InChI is InChI=1S/C20H26N4O2S2/c1-11-7-8-13-9-12-5-4-6-14(12)17(16(11)13)23-19(25)24-28(21)15-10-22-18(27-15)20(2,3)26/h9-11,26H,4-8H2,1-3H3,(H3,21,23,24,25).